The summed E-state index contributed by atoms with van der Waals surface area (Å²) in [7, 11) is 1.22. The van der Waals surface area contributed by atoms with Gasteiger partial charge in [0.15, 0.2) is 0 Å². The largest absolute Gasteiger partial charge is 0.488 e. The molecule has 0 radical (unpaired) electrons. The number of nitrogens with zero attached hydrogens (tertiary/aromatic N) is 1. The van der Waals surface area contributed by atoms with Crippen LogP contribution in [0, 0.1) is 17.1 Å². The molecular formula is C16H15FN2O5. The average molecular weight is 334 g/mol. The fourth-order valence-corrected chi connectivity index (χ4v) is 2.04. The number of cyclic esters (lactones) is 1. The van der Waals surface area contributed by atoms with Gasteiger partial charge in [0.1, 0.15) is 11.9 Å². The first-order valence-electron chi connectivity index (χ1n) is 6.94. The van der Waals surface area contributed by atoms with Crippen LogP contribution in [0.15, 0.2) is 29.7 Å². The first kappa shape index (κ1) is 17.3. The van der Waals surface area contributed by atoms with Crippen molar-refractivity contribution in [2.75, 3.05) is 7.11 Å². The van der Waals surface area contributed by atoms with E-state index in [1.54, 1.807) is 6.07 Å². The molecule has 1 aliphatic rings. The number of hydrogen-bond acceptors (Lipinski definition) is 6. The number of amides is 1. The lowest BCUT2D eigenvalue weighted by molar-refractivity contribution is -0.159. The first-order chi connectivity index (χ1) is 11.3. The Bertz CT molecular complexity index is 764. The number of ether oxygens (including phenoxy) is 3. The maximum Gasteiger partial charge on any atom is 0.381 e. The summed E-state index contributed by atoms with van der Waals surface area (Å²) in [5.74, 6) is -3.98. The molecule has 0 unspecified atom stereocenters. The highest BCUT2D eigenvalue weighted by Crippen LogP contribution is 2.28. The molecule has 1 saturated heterocycles. The Morgan fingerprint density at radius 2 is 2.12 bits per heavy atom. The van der Waals surface area contributed by atoms with Crippen molar-refractivity contribution < 1.29 is 28.2 Å². The highest BCUT2D eigenvalue weighted by atomic mass is 19.1. The fourth-order valence-electron chi connectivity index (χ4n) is 2.04. The van der Waals surface area contributed by atoms with E-state index < -0.39 is 23.5 Å². The van der Waals surface area contributed by atoms with Gasteiger partial charge in [-0.1, -0.05) is 6.07 Å². The second-order valence-electron chi connectivity index (χ2n) is 5.36. The Morgan fingerprint density at radius 1 is 1.42 bits per heavy atom. The number of carbonyl (C=O) groups excluding carboxylic acids is 2. The third-order valence-corrected chi connectivity index (χ3v) is 3.09. The maximum atomic E-state index is 13.3. The summed E-state index contributed by atoms with van der Waals surface area (Å²) >= 11 is 0. The Labute approximate surface area is 137 Å². The molecule has 7 nitrogen and oxygen atoms in total. The number of nitriles is 1. The molecule has 1 heterocycles. The highest BCUT2D eigenvalue weighted by molar-refractivity contribution is 6.00. The molecule has 0 bridgehead atoms. The SMILES string of the molecule is COC(C(=O)NCc1ccc(F)c(C#N)c1)=C1OC(C)(C)OC1=O. The lowest BCUT2D eigenvalue weighted by Crippen LogP contribution is -2.27. The molecule has 0 saturated carbocycles. The zero-order valence-electron chi connectivity index (χ0n) is 13.3. The van der Waals surface area contributed by atoms with Crippen LogP contribution in [0.5, 0.6) is 0 Å². The van der Waals surface area contributed by atoms with Crippen LogP contribution in [0.3, 0.4) is 0 Å². The Kier molecular flexibility index (Phi) is 4.74. The van der Waals surface area contributed by atoms with E-state index in [0.29, 0.717) is 5.56 Å². The van der Waals surface area contributed by atoms with Crippen LogP contribution in [0.1, 0.15) is 25.0 Å². The summed E-state index contributed by atoms with van der Waals surface area (Å²) in [5, 5.41) is 11.3. The van der Waals surface area contributed by atoms with E-state index in [1.807, 2.05) is 0 Å². The number of methoxy groups -OCH3 is 1. The van der Waals surface area contributed by atoms with Crippen molar-refractivity contribution >= 4 is 11.9 Å². The molecule has 0 atom stereocenters. The molecule has 1 fully saturated rings. The van der Waals surface area contributed by atoms with Gasteiger partial charge in [-0.15, -0.1) is 0 Å². The van der Waals surface area contributed by atoms with Crippen LogP contribution in [0.4, 0.5) is 4.39 Å². The Hall–Kier alpha value is -3.08. The number of esters is 1. The van der Waals surface area contributed by atoms with Gasteiger partial charge in [0.25, 0.3) is 11.7 Å². The molecule has 126 valence electrons. The van der Waals surface area contributed by atoms with Gasteiger partial charge in [-0.2, -0.15) is 5.26 Å². The quantitative estimate of drug-likeness (QED) is 0.509. The molecule has 0 aromatic heterocycles. The molecule has 1 N–H and O–H groups in total. The van der Waals surface area contributed by atoms with Crippen LogP contribution in [-0.4, -0.2) is 24.8 Å². The second kappa shape index (κ2) is 6.58. The van der Waals surface area contributed by atoms with Gasteiger partial charge in [0.05, 0.1) is 12.7 Å². The first-order valence-corrected chi connectivity index (χ1v) is 6.94. The minimum atomic E-state index is -1.19. The van der Waals surface area contributed by atoms with Gasteiger partial charge in [0.2, 0.25) is 11.5 Å². The predicted molar refractivity (Wildman–Crippen MR) is 78.3 cm³/mol. The van der Waals surface area contributed by atoms with Crippen LogP contribution < -0.4 is 5.32 Å². The molecule has 0 spiro atoms. The van der Waals surface area contributed by atoms with Crippen LogP contribution in [-0.2, 0) is 30.3 Å². The molecule has 24 heavy (non-hydrogen) atoms. The van der Waals surface area contributed by atoms with Gasteiger partial charge < -0.3 is 19.5 Å². The van der Waals surface area contributed by atoms with Crippen LogP contribution in [0.2, 0.25) is 0 Å². The summed E-state index contributed by atoms with van der Waals surface area (Å²) in [4.78, 5) is 23.9. The maximum absolute atomic E-state index is 13.3. The molecule has 2 rings (SSSR count). The summed E-state index contributed by atoms with van der Waals surface area (Å²) in [5.41, 5.74) is 0.383. The predicted octanol–water partition coefficient (Wildman–Crippen LogP) is 1.48. The van der Waals surface area contributed by atoms with Crippen LogP contribution >= 0.6 is 0 Å². The molecular weight excluding hydrogens is 319 g/mol. The number of benzene rings is 1. The summed E-state index contributed by atoms with van der Waals surface area (Å²) in [6.07, 6.45) is 0. The lowest BCUT2D eigenvalue weighted by atomic mass is 10.1. The van der Waals surface area contributed by atoms with Gasteiger partial charge in [-0.25, -0.2) is 9.18 Å². The molecule has 1 aromatic rings. The highest BCUT2D eigenvalue weighted by Gasteiger charge is 2.41. The Morgan fingerprint density at radius 3 is 2.67 bits per heavy atom. The minimum absolute atomic E-state index is 0.00632. The van der Waals surface area contributed by atoms with Crippen molar-refractivity contribution in [3.8, 4) is 6.07 Å². The third kappa shape index (κ3) is 3.63. The van der Waals surface area contributed by atoms with E-state index in [2.05, 4.69) is 5.32 Å². The van der Waals surface area contributed by atoms with E-state index in [1.165, 1.54) is 33.1 Å². The normalized spacial score (nSPS) is 17.4. The van der Waals surface area contributed by atoms with Gasteiger partial charge in [-0.3, -0.25) is 4.79 Å². The van der Waals surface area contributed by atoms with Crippen molar-refractivity contribution in [1.82, 2.24) is 5.32 Å². The second-order valence-corrected chi connectivity index (χ2v) is 5.36. The zero-order chi connectivity index (χ0) is 17.9. The number of rotatable bonds is 4. The van der Waals surface area contributed by atoms with Crippen molar-refractivity contribution in [1.29, 1.82) is 5.26 Å². The van der Waals surface area contributed by atoms with E-state index >= 15 is 0 Å². The minimum Gasteiger partial charge on any atom is -0.488 e. The summed E-state index contributed by atoms with van der Waals surface area (Å²) < 4.78 is 28.4. The molecule has 8 heteroatoms. The Balaban J connectivity index is 2.14. The van der Waals surface area contributed by atoms with Gasteiger partial charge >= 0.3 is 5.97 Å². The number of halogens is 1. The smallest absolute Gasteiger partial charge is 0.381 e. The van der Waals surface area contributed by atoms with Gasteiger partial charge in [-0.05, 0) is 17.7 Å². The van der Waals surface area contributed by atoms with Crippen molar-refractivity contribution in [2.24, 2.45) is 0 Å². The van der Waals surface area contributed by atoms with E-state index in [4.69, 9.17) is 19.5 Å². The van der Waals surface area contributed by atoms with Crippen molar-refractivity contribution in [3.63, 3.8) is 0 Å². The van der Waals surface area contributed by atoms with Crippen LogP contribution in [0.25, 0.3) is 0 Å². The lowest BCUT2D eigenvalue weighted by Gasteiger charge is -2.14. The number of nitrogens with one attached hydrogen (secondary N) is 1. The number of carbonyl (C=O) groups is 2. The van der Waals surface area contributed by atoms with E-state index in [9.17, 15) is 14.0 Å². The monoisotopic (exact) mass is 334 g/mol. The van der Waals surface area contributed by atoms with Gasteiger partial charge in [0, 0.05) is 20.4 Å². The summed E-state index contributed by atoms with van der Waals surface area (Å²) in [6, 6.07) is 5.60. The third-order valence-electron chi connectivity index (χ3n) is 3.09. The zero-order valence-corrected chi connectivity index (χ0v) is 13.3. The van der Waals surface area contributed by atoms with E-state index in [0.717, 1.165) is 6.07 Å². The summed E-state index contributed by atoms with van der Waals surface area (Å²) in [6.45, 7) is 3.04. The standard InChI is InChI=1S/C16H15FN2O5/c1-16(2)23-13(15(21)24-16)12(22-3)14(20)19-8-9-4-5-11(17)10(6-9)7-18/h4-6H,8H2,1-3H3,(H,19,20). The van der Waals surface area contributed by atoms with Crippen molar-refractivity contribution in [2.45, 2.75) is 26.2 Å². The average Bonchev–Trinajstić information content (AvgIpc) is 2.80. The van der Waals surface area contributed by atoms with Crippen molar-refractivity contribution in [3.05, 3.63) is 46.7 Å². The molecule has 1 amide bonds. The molecule has 1 aromatic carbocycles. The fraction of sp³-hybridized carbons (Fsp3) is 0.312. The number of hydrogen-bond donors (Lipinski definition) is 1. The molecule has 0 aliphatic carbocycles. The topological polar surface area (TPSA) is 97.7 Å². The van der Waals surface area contributed by atoms with E-state index in [-0.39, 0.29) is 23.6 Å². The molecule has 1 aliphatic heterocycles.